The number of furan rings is 1. The van der Waals surface area contributed by atoms with Crippen molar-refractivity contribution in [3.63, 3.8) is 0 Å². The van der Waals surface area contributed by atoms with Crippen LogP contribution in [0.15, 0.2) is 217 Å². The van der Waals surface area contributed by atoms with Crippen molar-refractivity contribution in [3.05, 3.63) is 212 Å². The van der Waals surface area contributed by atoms with Crippen molar-refractivity contribution in [2.24, 2.45) is 0 Å². The van der Waals surface area contributed by atoms with E-state index in [0.717, 1.165) is 82.4 Å². The lowest BCUT2D eigenvalue weighted by Gasteiger charge is -2.15. The summed E-state index contributed by atoms with van der Waals surface area (Å²) in [6.45, 7) is 0. The molecule has 0 aliphatic carbocycles. The predicted molar refractivity (Wildman–Crippen MR) is 261 cm³/mol. The van der Waals surface area contributed by atoms with E-state index in [-0.39, 0.29) is 0 Å². The Hall–Kier alpha value is -8.74. The van der Waals surface area contributed by atoms with Crippen molar-refractivity contribution in [1.29, 1.82) is 0 Å². The average molecular weight is 818 g/mol. The maximum Gasteiger partial charge on any atom is 0.227 e. The summed E-state index contributed by atoms with van der Waals surface area (Å²) in [5.74, 6) is 1.75. The Labute approximate surface area is 367 Å². The molecule has 0 radical (unpaired) electrons. The summed E-state index contributed by atoms with van der Waals surface area (Å²) in [6, 6.07) is 72.6. The number of rotatable bonds is 6. The molecule has 0 fully saturated rings. The number of benzene rings is 9. The summed E-state index contributed by atoms with van der Waals surface area (Å²) >= 11 is 0. The van der Waals surface area contributed by atoms with Crippen molar-refractivity contribution in [3.8, 4) is 62.1 Å². The molecule has 0 unspecified atom stereocenters. The van der Waals surface area contributed by atoms with Crippen LogP contribution in [0.4, 0.5) is 0 Å². The van der Waals surface area contributed by atoms with Crippen molar-refractivity contribution in [1.82, 2.24) is 24.5 Å². The van der Waals surface area contributed by atoms with Gasteiger partial charge in [0.2, 0.25) is 5.71 Å². The molecule has 13 rings (SSSR count). The number of fused-ring (bicyclic) bond motifs is 8. The van der Waals surface area contributed by atoms with Crippen LogP contribution >= 0.6 is 0 Å². The molecule has 0 bridgehead atoms. The number of para-hydroxylation sites is 1. The van der Waals surface area contributed by atoms with Crippen molar-refractivity contribution in [2.45, 2.75) is 0 Å². The second-order valence-electron chi connectivity index (χ2n) is 16.2. The molecular weight excluding hydrogens is 783 g/mol. The van der Waals surface area contributed by atoms with Gasteiger partial charge in [-0.15, -0.1) is 0 Å². The van der Waals surface area contributed by atoms with Crippen molar-refractivity contribution in [2.75, 3.05) is 0 Å². The second kappa shape index (κ2) is 14.4. The number of hydrogen-bond acceptors (Lipinski definition) is 5. The Morgan fingerprint density at radius 2 is 0.922 bits per heavy atom. The SMILES string of the molecule is c1ccc(-c2ccc3c4ccccc4n(-c4cccc5c(-c6nc(-c7ccc8oc9ncccc9c8c7)nc(-c7ccc(-c8ccccc8)c8ccccc78)n6)cccc45)c3c2)cc1. The number of hydrogen-bond donors (Lipinski definition) is 0. The maximum absolute atomic E-state index is 6.13. The zero-order chi connectivity index (χ0) is 42.1. The molecule has 64 heavy (non-hydrogen) atoms. The van der Waals surface area contributed by atoms with Crippen molar-refractivity contribution >= 4 is 65.4 Å². The summed E-state index contributed by atoms with van der Waals surface area (Å²) in [4.78, 5) is 20.5. The Morgan fingerprint density at radius 3 is 1.75 bits per heavy atom. The van der Waals surface area contributed by atoms with Crippen LogP contribution in [0.1, 0.15) is 0 Å². The highest BCUT2D eigenvalue weighted by molar-refractivity contribution is 6.12. The van der Waals surface area contributed by atoms with Gasteiger partial charge in [-0.3, -0.25) is 0 Å². The van der Waals surface area contributed by atoms with E-state index >= 15 is 0 Å². The molecule has 4 aromatic heterocycles. The van der Waals surface area contributed by atoms with Gasteiger partial charge in [-0.2, -0.15) is 0 Å². The molecule has 6 heteroatoms. The van der Waals surface area contributed by atoms with Crippen molar-refractivity contribution < 1.29 is 4.42 Å². The number of pyridine rings is 1. The zero-order valence-electron chi connectivity index (χ0n) is 34.4. The highest BCUT2D eigenvalue weighted by atomic mass is 16.3. The fraction of sp³-hybridized carbons (Fsp3) is 0. The van der Waals surface area contributed by atoms with Crippen LogP contribution in [-0.4, -0.2) is 24.5 Å². The van der Waals surface area contributed by atoms with E-state index in [2.05, 4.69) is 192 Å². The minimum atomic E-state index is 0.570. The zero-order valence-corrected chi connectivity index (χ0v) is 34.4. The van der Waals surface area contributed by atoms with E-state index in [1.165, 1.54) is 21.9 Å². The first kappa shape index (κ1) is 36.0. The molecule has 9 aromatic carbocycles. The van der Waals surface area contributed by atoms with Gasteiger partial charge in [-0.1, -0.05) is 152 Å². The lowest BCUT2D eigenvalue weighted by atomic mass is 9.94. The largest absolute Gasteiger partial charge is 0.438 e. The Kier molecular flexibility index (Phi) is 8.11. The first-order valence-electron chi connectivity index (χ1n) is 21.5. The van der Waals surface area contributed by atoms with E-state index in [0.29, 0.717) is 23.2 Å². The topological polar surface area (TPSA) is 69.6 Å². The maximum atomic E-state index is 6.13. The summed E-state index contributed by atoms with van der Waals surface area (Å²) < 4.78 is 8.54. The van der Waals surface area contributed by atoms with Gasteiger partial charge in [0.15, 0.2) is 17.5 Å². The molecule has 0 saturated heterocycles. The van der Waals surface area contributed by atoms with Crippen LogP contribution in [0.3, 0.4) is 0 Å². The highest BCUT2D eigenvalue weighted by Crippen LogP contribution is 2.41. The number of nitrogens with zero attached hydrogens (tertiary/aromatic N) is 5. The van der Waals surface area contributed by atoms with Crippen LogP contribution in [0.5, 0.6) is 0 Å². The van der Waals surface area contributed by atoms with E-state index in [1.54, 1.807) is 6.20 Å². The molecule has 0 aliphatic heterocycles. The quantitative estimate of drug-likeness (QED) is 0.167. The normalized spacial score (nSPS) is 11.8. The van der Waals surface area contributed by atoms with Gasteiger partial charge in [0, 0.05) is 49.8 Å². The third-order valence-corrected chi connectivity index (χ3v) is 12.6. The van der Waals surface area contributed by atoms with Gasteiger partial charge in [0.25, 0.3) is 0 Å². The lowest BCUT2D eigenvalue weighted by Crippen LogP contribution is -2.02. The fourth-order valence-corrected chi connectivity index (χ4v) is 9.58. The molecule has 0 atom stereocenters. The van der Waals surface area contributed by atoms with Crippen LogP contribution in [0.2, 0.25) is 0 Å². The van der Waals surface area contributed by atoms with E-state index in [9.17, 15) is 0 Å². The minimum Gasteiger partial charge on any atom is -0.438 e. The monoisotopic (exact) mass is 817 g/mol. The number of aromatic nitrogens is 5. The standard InChI is InChI=1S/C58H35N5O/c1-3-14-36(15-4-1)38-27-29-46-45-20-9-10-25-51(45)63(53(46)35-38)52-26-12-21-43-44(52)22-11-23-47(43)56-60-55(39-28-32-54-50(34-39)49-24-13-33-59-58(49)64-54)61-57(62-56)48-31-30-40(37-16-5-2-6-17-37)41-18-7-8-19-42(41)48/h1-35H. The summed E-state index contributed by atoms with van der Waals surface area (Å²) in [5, 5.41) is 8.64. The van der Waals surface area contributed by atoms with Gasteiger partial charge in [0.05, 0.1) is 16.7 Å². The summed E-state index contributed by atoms with van der Waals surface area (Å²) in [7, 11) is 0. The van der Waals surface area contributed by atoms with Crippen LogP contribution in [0, 0.1) is 0 Å². The molecule has 0 saturated carbocycles. The first-order chi connectivity index (χ1) is 31.7. The van der Waals surface area contributed by atoms with Gasteiger partial charge in [-0.05, 0) is 93.0 Å². The Bertz CT molecular complexity index is 3960. The first-order valence-corrected chi connectivity index (χ1v) is 21.5. The van der Waals surface area contributed by atoms with E-state index in [1.807, 2.05) is 24.3 Å². The second-order valence-corrected chi connectivity index (χ2v) is 16.2. The molecule has 4 heterocycles. The molecule has 0 spiro atoms. The summed E-state index contributed by atoms with van der Waals surface area (Å²) in [5.41, 5.74) is 12.1. The van der Waals surface area contributed by atoms with E-state index < -0.39 is 0 Å². The lowest BCUT2D eigenvalue weighted by molar-refractivity contribution is 0.654. The smallest absolute Gasteiger partial charge is 0.227 e. The molecule has 298 valence electrons. The fourth-order valence-electron chi connectivity index (χ4n) is 9.58. The Morgan fingerprint density at radius 1 is 0.328 bits per heavy atom. The molecule has 0 N–H and O–H groups in total. The van der Waals surface area contributed by atoms with Gasteiger partial charge in [0.1, 0.15) is 5.58 Å². The third-order valence-electron chi connectivity index (χ3n) is 12.6. The molecule has 0 amide bonds. The van der Waals surface area contributed by atoms with Gasteiger partial charge >= 0.3 is 0 Å². The highest BCUT2D eigenvalue weighted by Gasteiger charge is 2.21. The molecule has 6 nitrogen and oxygen atoms in total. The van der Waals surface area contributed by atoms with Gasteiger partial charge < -0.3 is 8.98 Å². The molecule has 13 aromatic rings. The minimum absolute atomic E-state index is 0.570. The average Bonchev–Trinajstić information content (AvgIpc) is 3.91. The Balaban J connectivity index is 1.05. The molecular formula is C58H35N5O. The third kappa shape index (κ3) is 5.73. The molecule has 0 aliphatic rings. The van der Waals surface area contributed by atoms with E-state index in [4.69, 9.17) is 19.4 Å². The van der Waals surface area contributed by atoms with Gasteiger partial charge in [-0.25, -0.2) is 19.9 Å². The van der Waals surface area contributed by atoms with Crippen LogP contribution in [0.25, 0.3) is 128 Å². The predicted octanol–water partition coefficient (Wildman–Crippen LogP) is 14.9. The van der Waals surface area contributed by atoms with Crippen LogP contribution < -0.4 is 0 Å². The summed E-state index contributed by atoms with van der Waals surface area (Å²) in [6.07, 6.45) is 1.75. The van der Waals surface area contributed by atoms with Crippen LogP contribution in [-0.2, 0) is 0 Å².